The largest absolute Gasteiger partial charge is 0.497 e. The first kappa shape index (κ1) is 13.7. The maximum atomic E-state index is 11.0. The molecular formula is C18H24O2. The monoisotopic (exact) mass is 272 g/mol. The Labute approximate surface area is 121 Å². The maximum absolute atomic E-state index is 11.0. The fourth-order valence-electron chi connectivity index (χ4n) is 4.23. The van der Waals surface area contributed by atoms with Crippen molar-refractivity contribution < 1.29 is 9.53 Å². The molecule has 0 aromatic heterocycles. The Bertz CT molecular complexity index is 451. The molecule has 0 heterocycles. The summed E-state index contributed by atoms with van der Waals surface area (Å²) >= 11 is 0. The first-order valence-corrected chi connectivity index (χ1v) is 7.89. The van der Waals surface area contributed by atoms with Gasteiger partial charge in [0.2, 0.25) is 0 Å². The number of hydrogen-bond donors (Lipinski definition) is 0. The molecule has 2 nitrogen and oxygen atoms in total. The summed E-state index contributed by atoms with van der Waals surface area (Å²) in [4.78, 5) is 11.0. The minimum Gasteiger partial charge on any atom is -0.497 e. The second kappa shape index (κ2) is 5.99. The minimum atomic E-state index is 0.341. The standard InChI is InChI=1S/C18H24O2/c1-20-18-8-6-14(7-9-18)16-5-4-15-10-13(12-19)2-3-17(15)11-16/h6-9,12-13,15-17H,2-5,10-11H2,1H3/t13-,15-,16?,17-/m1/s1. The zero-order valence-corrected chi connectivity index (χ0v) is 12.3. The highest BCUT2D eigenvalue weighted by Crippen LogP contribution is 2.47. The molecule has 0 saturated heterocycles. The Morgan fingerprint density at radius 3 is 2.40 bits per heavy atom. The lowest BCUT2D eigenvalue weighted by Crippen LogP contribution is -2.30. The number of rotatable bonds is 3. The third kappa shape index (κ3) is 2.74. The van der Waals surface area contributed by atoms with E-state index in [9.17, 15) is 4.79 Å². The highest BCUT2D eigenvalue weighted by molar-refractivity contribution is 5.53. The summed E-state index contributed by atoms with van der Waals surface area (Å²) in [5, 5.41) is 0. The van der Waals surface area contributed by atoms with E-state index in [1.165, 1.54) is 37.5 Å². The number of benzene rings is 1. The van der Waals surface area contributed by atoms with Crippen LogP contribution >= 0.6 is 0 Å². The highest BCUT2D eigenvalue weighted by Gasteiger charge is 2.35. The summed E-state index contributed by atoms with van der Waals surface area (Å²) in [6.45, 7) is 0. The lowest BCUT2D eigenvalue weighted by atomic mass is 9.64. The van der Waals surface area contributed by atoms with Gasteiger partial charge in [-0.25, -0.2) is 0 Å². The van der Waals surface area contributed by atoms with E-state index in [4.69, 9.17) is 4.74 Å². The summed E-state index contributed by atoms with van der Waals surface area (Å²) in [5.41, 5.74) is 1.46. The highest BCUT2D eigenvalue weighted by atomic mass is 16.5. The second-order valence-corrected chi connectivity index (χ2v) is 6.51. The predicted molar refractivity (Wildman–Crippen MR) is 80.0 cm³/mol. The van der Waals surface area contributed by atoms with Gasteiger partial charge in [0.25, 0.3) is 0 Å². The Balaban J connectivity index is 1.65. The summed E-state index contributed by atoms with van der Waals surface area (Å²) < 4.78 is 5.23. The fraction of sp³-hybridized carbons (Fsp3) is 0.611. The zero-order valence-electron chi connectivity index (χ0n) is 12.3. The third-order valence-corrected chi connectivity index (χ3v) is 5.43. The van der Waals surface area contributed by atoms with Crippen LogP contribution < -0.4 is 4.74 Å². The smallest absolute Gasteiger partial charge is 0.123 e. The molecule has 3 rings (SSSR count). The second-order valence-electron chi connectivity index (χ2n) is 6.51. The van der Waals surface area contributed by atoms with Gasteiger partial charge >= 0.3 is 0 Å². The van der Waals surface area contributed by atoms with E-state index in [2.05, 4.69) is 24.3 Å². The number of carbonyl (C=O) groups is 1. The molecule has 1 unspecified atom stereocenters. The molecule has 0 aliphatic heterocycles. The van der Waals surface area contributed by atoms with Crippen molar-refractivity contribution in [3.8, 4) is 5.75 Å². The molecule has 1 aromatic carbocycles. The van der Waals surface area contributed by atoms with Crippen molar-refractivity contribution in [2.24, 2.45) is 17.8 Å². The van der Waals surface area contributed by atoms with Crippen LogP contribution in [0.2, 0.25) is 0 Å². The molecule has 20 heavy (non-hydrogen) atoms. The fourth-order valence-corrected chi connectivity index (χ4v) is 4.23. The van der Waals surface area contributed by atoms with Gasteiger partial charge in [-0.2, -0.15) is 0 Å². The minimum absolute atomic E-state index is 0.341. The van der Waals surface area contributed by atoms with E-state index in [-0.39, 0.29) is 0 Å². The first-order chi connectivity index (χ1) is 9.80. The van der Waals surface area contributed by atoms with Gasteiger partial charge in [0.05, 0.1) is 7.11 Å². The molecule has 0 N–H and O–H groups in total. The van der Waals surface area contributed by atoms with Crippen LogP contribution in [0.1, 0.15) is 50.0 Å². The van der Waals surface area contributed by atoms with E-state index in [1.807, 2.05) is 0 Å². The molecule has 2 heteroatoms. The number of hydrogen-bond acceptors (Lipinski definition) is 2. The van der Waals surface area contributed by atoms with Crippen LogP contribution in [0.5, 0.6) is 5.75 Å². The van der Waals surface area contributed by atoms with Gasteiger partial charge in [0.15, 0.2) is 0 Å². The molecule has 0 amide bonds. The van der Waals surface area contributed by atoms with Crippen molar-refractivity contribution >= 4 is 6.29 Å². The average Bonchev–Trinajstić information content (AvgIpc) is 2.54. The van der Waals surface area contributed by atoms with Crippen molar-refractivity contribution in [1.82, 2.24) is 0 Å². The molecule has 2 saturated carbocycles. The molecule has 2 aliphatic carbocycles. The van der Waals surface area contributed by atoms with Gasteiger partial charge in [0, 0.05) is 5.92 Å². The van der Waals surface area contributed by atoms with Crippen LogP contribution in [0.4, 0.5) is 0 Å². The van der Waals surface area contributed by atoms with E-state index >= 15 is 0 Å². The first-order valence-electron chi connectivity index (χ1n) is 7.89. The van der Waals surface area contributed by atoms with Gasteiger partial charge in [-0.1, -0.05) is 12.1 Å². The molecule has 2 aliphatic rings. The van der Waals surface area contributed by atoms with Crippen LogP contribution in [0, 0.1) is 17.8 Å². The summed E-state index contributed by atoms with van der Waals surface area (Å²) in [7, 11) is 1.71. The van der Waals surface area contributed by atoms with E-state index in [1.54, 1.807) is 7.11 Å². The zero-order chi connectivity index (χ0) is 13.9. The van der Waals surface area contributed by atoms with Crippen LogP contribution in [0.15, 0.2) is 24.3 Å². The predicted octanol–water partition coefficient (Wildman–Crippen LogP) is 4.19. The van der Waals surface area contributed by atoms with Gasteiger partial charge in [-0.3, -0.25) is 0 Å². The number of ether oxygens (including phenoxy) is 1. The third-order valence-electron chi connectivity index (χ3n) is 5.43. The average molecular weight is 272 g/mol. The molecule has 4 atom stereocenters. The lowest BCUT2D eigenvalue weighted by molar-refractivity contribution is -0.113. The van der Waals surface area contributed by atoms with Crippen molar-refractivity contribution in [2.45, 2.75) is 44.4 Å². The molecule has 2 fully saturated rings. The molecule has 0 bridgehead atoms. The molecule has 0 radical (unpaired) electrons. The number of fused-ring (bicyclic) bond motifs is 1. The van der Waals surface area contributed by atoms with Crippen molar-refractivity contribution in [3.63, 3.8) is 0 Å². The summed E-state index contributed by atoms with van der Waals surface area (Å²) in [5.74, 6) is 3.62. The van der Waals surface area contributed by atoms with Crippen molar-refractivity contribution in [3.05, 3.63) is 29.8 Å². The molecule has 108 valence electrons. The summed E-state index contributed by atoms with van der Waals surface area (Å²) in [6.07, 6.45) is 8.57. The van der Waals surface area contributed by atoms with E-state index in [0.29, 0.717) is 11.8 Å². The number of aldehydes is 1. The van der Waals surface area contributed by atoms with Crippen LogP contribution in [0.3, 0.4) is 0 Å². The molecular weight excluding hydrogens is 248 g/mol. The Kier molecular flexibility index (Phi) is 4.09. The van der Waals surface area contributed by atoms with Crippen LogP contribution in [0.25, 0.3) is 0 Å². The van der Waals surface area contributed by atoms with Gasteiger partial charge < -0.3 is 9.53 Å². The Morgan fingerprint density at radius 1 is 1.00 bits per heavy atom. The van der Waals surface area contributed by atoms with Gasteiger partial charge in [-0.05, 0) is 74.0 Å². The van der Waals surface area contributed by atoms with Crippen molar-refractivity contribution in [2.75, 3.05) is 7.11 Å². The molecule has 1 aromatic rings. The maximum Gasteiger partial charge on any atom is 0.123 e. The van der Waals surface area contributed by atoms with Crippen molar-refractivity contribution in [1.29, 1.82) is 0 Å². The SMILES string of the molecule is COc1ccc(C2CC[C@@H]3C[C@H](C=O)CC[C@@H]3C2)cc1. The van der Waals surface area contributed by atoms with Gasteiger partial charge in [-0.15, -0.1) is 0 Å². The lowest BCUT2D eigenvalue weighted by Gasteiger charge is -2.41. The topological polar surface area (TPSA) is 26.3 Å². The molecule has 0 spiro atoms. The normalized spacial score (nSPS) is 33.2. The van der Waals surface area contributed by atoms with Gasteiger partial charge in [0.1, 0.15) is 12.0 Å². The van der Waals surface area contributed by atoms with E-state index in [0.717, 1.165) is 30.4 Å². The number of carbonyl (C=O) groups excluding carboxylic acids is 1. The van der Waals surface area contributed by atoms with Crippen LogP contribution in [-0.2, 0) is 4.79 Å². The Hall–Kier alpha value is -1.31. The number of methoxy groups -OCH3 is 1. The quantitative estimate of drug-likeness (QED) is 0.771. The Morgan fingerprint density at radius 2 is 1.70 bits per heavy atom. The van der Waals surface area contributed by atoms with E-state index < -0.39 is 0 Å². The van der Waals surface area contributed by atoms with Crippen LogP contribution in [-0.4, -0.2) is 13.4 Å². The summed E-state index contributed by atoms with van der Waals surface area (Å²) in [6, 6.07) is 8.59.